The Kier molecular flexibility index (Phi) is 7.66. The zero-order valence-electron chi connectivity index (χ0n) is 19.7. The van der Waals surface area contributed by atoms with E-state index in [1.807, 2.05) is 31.2 Å². The Bertz CT molecular complexity index is 1090. The number of amides is 1. The molecule has 0 fully saturated rings. The second kappa shape index (κ2) is 10.1. The van der Waals surface area contributed by atoms with Crippen LogP contribution in [0, 0.1) is 5.92 Å². The molecule has 1 heterocycles. The number of sulfonamides is 1. The molecule has 0 saturated heterocycles. The van der Waals surface area contributed by atoms with Crippen LogP contribution in [-0.4, -0.2) is 74.6 Å². The van der Waals surface area contributed by atoms with E-state index in [4.69, 9.17) is 9.47 Å². The van der Waals surface area contributed by atoms with Crippen LogP contribution in [0.1, 0.15) is 20.8 Å². The lowest BCUT2D eigenvalue weighted by molar-refractivity contribution is -0.129. The minimum Gasteiger partial charge on any atom is -0.497 e. The van der Waals surface area contributed by atoms with Crippen molar-refractivity contribution in [2.24, 2.45) is 5.92 Å². The van der Waals surface area contributed by atoms with Crippen molar-refractivity contribution in [3.05, 3.63) is 42.5 Å². The fourth-order valence-corrected chi connectivity index (χ4v) is 5.63. The lowest BCUT2D eigenvalue weighted by Gasteiger charge is -2.37. The van der Waals surface area contributed by atoms with Crippen LogP contribution in [0.15, 0.2) is 47.4 Å². The molecule has 2 aromatic carbocycles. The van der Waals surface area contributed by atoms with Gasteiger partial charge in [-0.2, -0.15) is 4.31 Å². The minimum absolute atomic E-state index is 0.0439. The normalized spacial score (nSPS) is 21.2. The van der Waals surface area contributed by atoms with Crippen LogP contribution >= 0.6 is 0 Å². The molecule has 0 saturated carbocycles. The molecule has 0 unspecified atom stereocenters. The van der Waals surface area contributed by atoms with E-state index in [-0.39, 0.29) is 35.6 Å². The highest BCUT2D eigenvalue weighted by molar-refractivity contribution is 7.89. The van der Waals surface area contributed by atoms with Crippen molar-refractivity contribution in [2.75, 3.05) is 33.9 Å². The van der Waals surface area contributed by atoms with Crippen molar-refractivity contribution in [3.63, 3.8) is 0 Å². The van der Waals surface area contributed by atoms with Crippen LogP contribution < -0.4 is 9.47 Å². The fourth-order valence-electron chi connectivity index (χ4n) is 3.80. The molecule has 180 valence electrons. The largest absolute Gasteiger partial charge is 0.497 e. The monoisotopic (exact) mass is 476 g/mol. The van der Waals surface area contributed by atoms with Crippen molar-refractivity contribution < 1.29 is 27.8 Å². The zero-order valence-corrected chi connectivity index (χ0v) is 20.5. The third-order valence-corrected chi connectivity index (χ3v) is 8.10. The molecule has 0 aromatic heterocycles. The van der Waals surface area contributed by atoms with Crippen molar-refractivity contribution >= 4 is 15.9 Å². The van der Waals surface area contributed by atoms with Gasteiger partial charge in [-0.05, 0) is 42.3 Å². The van der Waals surface area contributed by atoms with Crippen molar-refractivity contribution in [2.45, 2.75) is 37.8 Å². The van der Waals surface area contributed by atoms with E-state index in [1.54, 1.807) is 44.2 Å². The molecule has 0 radical (unpaired) electrons. The molecule has 3 rings (SSSR count). The number of methoxy groups -OCH3 is 1. The molecule has 3 atom stereocenters. The second-order valence-electron chi connectivity index (χ2n) is 8.53. The van der Waals surface area contributed by atoms with E-state index in [2.05, 4.69) is 0 Å². The molecule has 1 N–H and O–H groups in total. The lowest BCUT2D eigenvalue weighted by atomic mass is 10.0. The Balaban J connectivity index is 2.12. The number of hydrogen-bond acceptors (Lipinski definition) is 6. The average molecular weight is 477 g/mol. The second-order valence-corrected chi connectivity index (χ2v) is 10.4. The maximum Gasteiger partial charge on any atom is 0.247 e. The Labute approximate surface area is 195 Å². The summed E-state index contributed by atoms with van der Waals surface area (Å²) < 4.78 is 39.9. The van der Waals surface area contributed by atoms with Gasteiger partial charge in [0.2, 0.25) is 15.9 Å². The Morgan fingerprint density at radius 1 is 1.24 bits per heavy atom. The molecule has 33 heavy (non-hydrogen) atoms. The van der Waals surface area contributed by atoms with Gasteiger partial charge < -0.3 is 19.5 Å². The Morgan fingerprint density at radius 3 is 2.45 bits per heavy atom. The summed E-state index contributed by atoms with van der Waals surface area (Å²) in [5.41, 5.74) is 1.67. The first-order valence-corrected chi connectivity index (χ1v) is 12.3. The molecule has 0 aliphatic carbocycles. The molecule has 0 bridgehead atoms. The highest BCUT2D eigenvalue weighted by Gasteiger charge is 2.38. The molecule has 8 nitrogen and oxygen atoms in total. The first-order chi connectivity index (χ1) is 15.6. The van der Waals surface area contributed by atoms with Crippen LogP contribution in [0.3, 0.4) is 0 Å². The number of aliphatic hydroxyl groups is 1. The number of aliphatic hydroxyl groups excluding tert-OH is 1. The quantitative estimate of drug-likeness (QED) is 0.689. The highest BCUT2D eigenvalue weighted by atomic mass is 32.2. The molecular weight excluding hydrogens is 444 g/mol. The van der Waals surface area contributed by atoms with Crippen LogP contribution in [0.5, 0.6) is 11.5 Å². The lowest BCUT2D eigenvalue weighted by Crippen LogP contribution is -2.50. The zero-order chi connectivity index (χ0) is 24.3. The summed E-state index contributed by atoms with van der Waals surface area (Å²) in [6, 6.07) is 11.9. The van der Waals surface area contributed by atoms with Crippen molar-refractivity contribution in [1.29, 1.82) is 0 Å². The number of carbonyl (C=O) groups is 1. The van der Waals surface area contributed by atoms with Gasteiger partial charge in [0, 0.05) is 32.5 Å². The minimum atomic E-state index is -3.92. The van der Waals surface area contributed by atoms with E-state index < -0.39 is 22.2 Å². The van der Waals surface area contributed by atoms with Gasteiger partial charge in [-0.3, -0.25) is 4.79 Å². The number of rotatable bonds is 6. The number of benzene rings is 2. The van der Waals surface area contributed by atoms with E-state index >= 15 is 0 Å². The predicted octanol–water partition coefficient (Wildman–Crippen LogP) is 2.61. The number of nitrogens with zero attached hydrogens (tertiary/aromatic N) is 2. The Hall–Kier alpha value is -2.62. The number of likely N-dealkylation sites (N-methyl/N-ethyl adjacent to an activating group) is 1. The highest BCUT2D eigenvalue weighted by Crippen LogP contribution is 2.36. The van der Waals surface area contributed by atoms with E-state index in [9.17, 15) is 18.3 Å². The van der Waals surface area contributed by atoms with Crippen molar-refractivity contribution in [1.82, 2.24) is 9.21 Å². The maximum absolute atomic E-state index is 13.5. The van der Waals surface area contributed by atoms with E-state index in [0.717, 1.165) is 16.9 Å². The number of carbonyl (C=O) groups excluding carboxylic acids is 1. The molecule has 0 spiro atoms. The Morgan fingerprint density at radius 2 is 1.88 bits per heavy atom. The summed E-state index contributed by atoms with van der Waals surface area (Å²) in [4.78, 5) is 13.5. The van der Waals surface area contributed by atoms with Gasteiger partial charge in [-0.1, -0.05) is 25.1 Å². The van der Waals surface area contributed by atoms with Crippen LogP contribution in [0.2, 0.25) is 0 Å². The average Bonchev–Trinajstić information content (AvgIpc) is 2.80. The first-order valence-electron chi connectivity index (χ1n) is 10.9. The van der Waals surface area contributed by atoms with Crippen LogP contribution in [0.25, 0.3) is 11.1 Å². The van der Waals surface area contributed by atoms with Crippen molar-refractivity contribution in [3.8, 4) is 22.6 Å². The van der Waals surface area contributed by atoms with E-state index in [0.29, 0.717) is 6.54 Å². The summed E-state index contributed by atoms with van der Waals surface area (Å²) >= 11 is 0. The third kappa shape index (κ3) is 5.31. The van der Waals surface area contributed by atoms with Crippen LogP contribution in [-0.2, 0) is 14.8 Å². The molecule has 1 aliphatic rings. The number of ether oxygens (including phenoxy) is 2. The summed E-state index contributed by atoms with van der Waals surface area (Å²) in [6.07, 6.45) is -0.437. The van der Waals surface area contributed by atoms with Gasteiger partial charge >= 0.3 is 0 Å². The third-order valence-electron chi connectivity index (χ3n) is 6.08. The summed E-state index contributed by atoms with van der Waals surface area (Å²) in [5.74, 6) is 0.618. The van der Waals surface area contributed by atoms with Crippen LogP contribution in [0.4, 0.5) is 0 Å². The summed E-state index contributed by atoms with van der Waals surface area (Å²) in [6.45, 7) is 5.22. The van der Waals surface area contributed by atoms with Gasteiger partial charge in [0.15, 0.2) is 0 Å². The number of hydrogen-bond donors (Lipinski definition) is 1. The topological polar surface area (TPSA) is 96.4 Å². The van der Waals surface area contributed by atoms with Gasteiger partial charge in [0.25, 0.3) is 0 Å². The standard InChI is InChI=1S/C24H32N2O6S/c1-16-13-26(17(2)15-27)33(29,30)24-11-8-20(19-6-9-21(31-5)10-7-19)12-22(24)32-23(16)14-25(4)18(3)28/h6-12,16-17,23,27H,13-15H2,1-5H3/t16-,17+,23-/m1/s1. The SMILES string of the molecule is COc1ccc(-c2ccc3c(c2)O[C@H](CN(C)C(C)=O)[C@H](C)CN([C@@H](C)CO)S3(=O)=O)cc1. The van der Waals surface area contributed by atoms with Gasteiger partial charge in [-0.15, -0.1) is 0 Å². The van der Waals surface area contributed by atoms with Gasteiger partial charge in [0.05, 0.1) is 20.3 Å². The molecule has 9 heteroatoms. The summed E-state index contributed by atoms with van der Waals surface area (Å²) in [5, 5.41) is 9.73. The van der Waals surface area contributed by atoms with Gasteiger partial charge in [-0.25, -0.2) is 8.42 Å². The van der Waals surface area contributed by atoms with Gasteiger partial charge in [0.1, 0.15) is 22.5 Å². The molecule has 1 aliphatic heterocycles. The molecular formula is C24H32N2O6S. The first kappa shape index (κ1) is 25.0. The summed E-state index contributed by atoms with van der Waals surface area (Å²) in [7, 11) is -0.631. The van der Waals surface area contributed by atoms with E-state index in [1.165, 1.54) is 11.2 Å². The smallest absolute Gasteiger partial charge is 0.247 e. The number of fused-ring (bicyclic) bond motifs is 1. The molecule has 1 amide bonds. The molecule has 2 aromatic rings. The fraction of sp³-hybridized carbons (Fsp3) is 0.458. The predicted molar refractivity (Wildman–Crippen MR) is 126 cm³/mol. The maximum atomic E-state index is 13.5.